The van der Waals surface area contributed by atoms with Crippen molar-refractivity contribution in [2.75, 3.05) is 18.0 Å². The van der Waals surface area contributed by atoms with Crippen LogP contribution in [-0.2, 0) is 0 Å². The predicted molar refractivity (Wildman–Crippen MR) is 91.8 cm³/mol. The van der Waals surface area contributed by atoms with E-state index in [1.54, 1.807) is 21.4 Å². The molecule has 0 N–H and O–H groups in total. The van der Waals surface area contributed by atoms with Gasteiger partial charge in [-0.3, -0.25) is 0 Å². The second-order valence-electron chi connectivity index (χ2n) is 6.12. The predicted octanol–water partition coefficient (Wildman–Crippen LogP) is 1.82. The zero-order chi connectivity index (χ0) is 16.6. The smallest absolute Gasteiger partial charge is 0.217 e. The lowest BCUT2D eigenvalue weighted by molar-refractivity contribution is 0.164. The summed E-state index contributed by atoms with van der Waals surface area (Å²) in [6.45, 7) is 1.83. The van der Waals surface area contributed by atoms with Crippen molar-refractivity contribution in [3.63, 3.8) is 0 Å². The summed E-state index contributed by atoms with van der Waals surface area (Å²) in [5, 5.41) is 8.33. The van der Waals surface area contributed by atoms with Crippen LogP contribution >= 0.6 is 0 Å². The summed E-state index contributed by atoms with van der Waals surface area (Å²) in [6, 6.07) is 7.66. The van der Waals surface area contributed by atoms with Gasteiger partial charge in [0.1, 0.15) is 11.9 Å². The summed E-state index contributed by atoms with van der Waals surface area (Å²) in [5.74, 6) is 1.65. The minimum Gasteiger partial charge on any atom is -0.474 e. The Hall–Kier alpha value is -3.16. The largest absolute Gasteiger partial charge is 0.474 e. The Morgan fingerprint density at radius 3 is 2.28 bits per heavy atom. The number of piperidine rings is 1. The summed E-state index contributed by atoms with van der Waals surface area (Å²) in [5.41, 5.74) is 1.67. The van der Waals surface area contributed by atoms with Gasteiger partial charge in [0.05, 0.1) is 12.4 Å². The maximum Gasteiger partial charge on any atom is 0.217 e. The molecule has 0 amide bonds. The van der Waals surface area contributed by atoms with Gasteiger partial charge in [0.25, 0.3) is 0 Å². The maximum atomic E-state index is 6.06. The van der Waals surface area contributed by atoms with Gasteiger partial charge in [-0.15, -0.1) is 0 Å². The average Bonchev–Trinajstić information content (AvgIpc) is 3.30. The van der Waals surface area contributed by atoms with Crippen LogP contribution in [-0.4, -0.2) is 48.4 Å². The second kappa shape index (κ2) is 5.73. The molecule has 0 aliphatic carbocycles. The molecule has 0 spiro atoms. The highest BCUT2D eigenvalue weighted by atomic mass is 16.5. The van der Waals surface area contributed by atoms with Crippen molar-refractivity contribution in [1.82, 2.24) is 29.2 Å². The van der Waals surface area contributed by atoms with Crippen molar-refractivity contribution in [3.05, 3.63) is 49.1 Å². The SMILES string of the molecule is c1cc2nc(OC3CCN(c4ccn5nccc5n4)CC3)ccn2n1. The van der Waals surface area contributed by atoms with E-state index in [-0.39, 0.29) is 6.10 Å². The van der Waals surface area contributed by atoms with Gasteiger partial charge in [0.2, 0.25) is 5.88 Å². The number of ether oxygens (including phenoxy) is 1. The zero-order valence-electron chi connectivity index (χ0n) is 13.6. The fraction of sp³-hybridized carbons (Fsp3) is 0.294. The van der Waals surface area contributed by atoms with E-state index in [4.69, 9.17) is 4.74 Å². The molecular weight excluding hydrogens is 318 g/mol. The number of nitrogens with zero attached hydrogens (tertiary/aromatic N) is 7. The van der Waals surface area contributed by atoms with E-state index in [1.165, 1.54) is 0 Å². The molecule has 1 aliphatic heterocycles. The Bertz CT molecular complexity index is 1020. The second-order valence-corrected chi connectivity index (χ2v) is 6.12. The summed E-state index contributed by atoms with van der Waals surface area (Å²) < 4.78 is 9.57. The van der Waals surface area contributed by atoms with E-state index in [0.29, 0.717) is 5.88 Å². The van der Waals surface area contributed by atoms with E-state index in [0.717, 1.165) is 43.0 Å². The molecule has 5 rings (SSSR count). The highest BCUT2D eigenvalue weighted by Crippen LogP contribution is 2.21. The quantitative estimate of drug-likeness (QED) is 0.569. The normalized spacial score (nSPS) is 15.9. The van der Waals surface area contributed by atoms with Gasteiger partial charge in [-0.1, -0.05) is 0 Å². The molecular formula is C17H17N7O. The van der Waals surface area contributed by atoms with Crippen LogP contribution in [0.3, 0.4) is 0 Å². The summed E-state index contributed by atoms with van der Waals surface area (Å²) >= 11 is 0. The molecule has 0 saturated carbocycles. The van der Waals surface area contributed by atoms with Crippen molar-refractivity contribution in [3.8, 4) is 5.88 Å². The molecule has 4 aromatic heterocycles. The molecule has 0 bridgehead atoms. The Morgan fingerprint density at radius 1 is 0.840 bits per heavy atom. The Labute approximate surface area is 143 Å². The van der Waals surface area contributed by atoms with E-state index < -0.39 is 0 Å². The standard InChI is InChI=1S/C17H17N7O/c1-7-18-23-11-5-14(20-15(1)23)22-9-3-13(4-10-22)25-17-6-12-24-16(21-17)2-8-19-24/h1-2,5-8,11-13H,3-4,9-10H2. The Balaban J connectivity index is 1.25. The molecule has 1 fully saturated rings. The lowest BCUT2D eigenvalue weighted by atomic mass is 10.1. The molecule has 0 radical (unpaired) electrons. The van der Waals surface area contributed by atoms with Crippen molar-refractivity contribution >= 4 is 17.1 Å². The minimum atomic E-state index is 0.174. The Morgan fingerprint density at radius 2 is 1.52 bits per heavy atom. The van der Waals surface area contributed by atoms with Crippen LogP contribution < -0.4 is 9.64 Å². The van der Waals surface area contributed by atoms with Crippen molar-refractivity contribution in [2.45, 2.75) is 18.9 Å². The van der Waals surface area contributed by atoms with E-state index in [2.05, 4.69) is 25.1 Å². The molecule has 1 aliphatic rings. The van der Waals surface area contributed by atoms with Gasteiger partial charge in [-0.2, -0.15) is 15.2 Å². The summed E-state index contributed by atoms with van der Waals surface area (Å²) in [6.07, 6.45) is 9.37. The van der Waals surface area contributed by atoms with Gasteiger partial charge in [-0.25, -0.2) is 14.0 Å². The van der Waals surface area contributed by atoms with E-state index >= 15 is 0 Å². The Kier molecular flexibility index (Phi) is 3.26. The number of anilines is 1. The van der Waals surface area contributed by atoms with Crippen molar-refractivity contribution in [2.24, 2.45) is 0 Å². The van der Waals surface area contributed by atoms with Crippen LogP contribution in [0.25, 0.3) is 11.3 Å². The van der Waals surface area contributed by atoms with Crippen LogP contribution in [0.1, 0.15) is 12.8 Å². The fourth-order valence-corrected chi connectivity index (χ4v) is 3.21. The maximum absolute atomic E-state index is 6.06. The molecule has 126 valence electrons. The van der Waals surface area contributed by atoms with Crippen molar-refractivity contribution in [1.29, 1.82) is 0 Å². The first-order chi connectivity index (χ1) is 12.3. The summed E-state index contributed by atoms with van der Waals surface area (Å²) in [7, 11) is 0. The number of fused-ring (bicyclic) bond motifs is 2. The molecule has 0 aromatic carbocycles. The van der Waals surface area contributed by atoms with Crippen LogP contribution in [0.5, 0.6) is 5.88 Å². The lowest BCUT2D eigenvalue weighted by Crippen LogP contribution is -2.38. The van der Waals surface area contributed by atoms with Crippen molar-refractivity contribution < 1.29 is 4.74 Å². The molecule has 8 heteroatoms. The van der Waals surface area contributed by atoms with Crippen LogP contribution in [0, 0.1) is 0 Å². The van der Waals surface area contributed by atoms with E-state index in [9.17, 15) is 0 Å². The molecule has 1 saturated heterocycles. The summed E-state index contributed by atoms with van der Waals surface area (Å²) in [4.78, 5) is 11.4. The first-order valence-electron chi connectivity index (χ1n) is 8.37. The first-order valence-corrected chi connectivity index (χ1v) is 8.37. The number of rotatable bonds is 3. The van der Waals surface area contributed by atoms with Gasteiger partial charge in [0, 0.05) is 56.5 Å². The van der Waals surface area contributed by atoms with Crippen LogP contribution in [0.15, 0.2) is 49.1 Å². The van der Waals surface area contributed by atoms with Crippen LogP contribution in [0.2, 0.25) is 0 Å². The molecule has 4 aromatic rings. The van der Waals surface area contributed by atoms with Gasteiger partial charge < -0.3 is 9.64 Å². The molecule has 8 nitrogen and oxygen atoms in total. The van der Waals surface area contributed by atoms with Gasteiger partial charge in [0.15, 0.2) is 11.3 Å². The minimum absolute atomic E-state index is 0.174. The number of hydrogen-bond donors (Lipinski definition) is 0. The lowest BCUT2D eigenvalue weighted by Gasteiger charge is -2.32. The zero-order valence-corrected chi connectivity index (χ0v) is 13.6. The third kappa shape index (κ3) is 2.65. The molecule has 25 heavy (non-hydrogen) atoms. The molecule has 0 unspecified atom stereocenters. The monoisotopic (exact) mass is 335 g/mol. The van der Waals surface area contributed by atoms with E-state index in [1.807, 2.05) is 36.7 Å². The van der Waals surface area contributed by atoms with Crippen LogP contribution in [0.4, 0.5) is 5.82 Å². The number of aromatic nitrogens is 6. The fourth-order valence-electron chi connectivity index (χ4n) is 3.21. The third-order valence-electron chi connectivity index (χ3n) is 4.53. The third-order valence-corrected chi connectivity index (χ3v) is 4.53. The first kappa shape index (κ1) is 14.2. The molecule has 5 heterocycles. The average molecular weight is 335 g/mol. The highest BCUT2D eigenvalue weighted by molar-refractivity contribution is 5.47. The van der Waals surface area contributed by atoms with Gasteiger partial charge >= 0.3 is 0 Å². The molecule has 0 atom stereocenters. The number of hydrogen-bond acceptors (Lipinski definition) is 6. The van der Waals surface area contributed by atoms with Gasteiger partial charge in [-0.05, 0) is 6.07 Å². The topological polar surface area (TPSA) is 72.8 Å². The highest BCUT2D eigenvalue weighted by Gasteiger charge is 2.22.